The van der Waals surface area contributed by atoms with E-state index in [1.54, 1.807) is 24.0 Å². The first kappa shape index (κ1) is 17.2. The molecular formula is C17H18N6O3. The van der Waals surface area contributed by atoms with Crippen LogP contribution in [0.25, 0.3) is 11.2 Å². The van der Waals surface area contributed by atoms with Gasteiger partial charge in [-0.1, -0.05) is 6.08 Å². The van der Waals surface area contributed by atoms with Crippen LogP contribution in [-0.4, -0.2) is 32.4 Å². The van der Waals surface area contributed by atoms with Crippen molar-refractivity contribution in [2.45, 2.75) is 6.54 Å². The molecule has 0 spiro atoms. The third-order valence-corrected chi connectivity index (χ3v) is 3.81. The molecule has 3 aromatic rings. The first-order valence-electron chi connectivity index (χ1n) is 7.78. The third kappa shape index (κ3) is 3.14. The summed E-state index contributed by atoms with van der Waals surface area (Å²) in [7, 11) is 3.14. The van der Waals surface area contributed by atoms with Gasteiger partial charge in [-0.25, -0.2) is 10.2 Å². The van der Waals surface area contributed by atoms with Crippen LogP contribution in [0.2, 0.25) is 0 Å². The molecule has 1 aromatic carbocycles. The number of aromatic amines is 1. The van der Waals surface area contributed by atoms with E-state index < -0.39 is 11.2 Å². The SMILES string of the molecule is C=CCn1c(N/N=C\c2ccc(OC)cc2)nc2c1c(=O)[nH]c(=O)n2C. The molecule has 0 aliphatic carbocycles. The number of H-pyrrole nitrogens is 1. The van der Waals surface area contributed by atoms with Gasteiger partial charge in [0.1, 0.15) is 5.75 Å². The fourth-order valence-corrected chi connectivity index (χ4v) is 2.48. The molecule has 0 aliphatic heterocycles. The van der Waals surface area contributed by atoms with Crippen molar-refractivity contribution >= 4 is 23.3 Å². The maximum atomic E-state index is 12.2. The lowest BCUT2D eigenvalue weighted by Gasteiger charge is -2.04. The Kier molecular flexibility index (Phi) is 4.70. The maximum Gasteiger partial charge on any atom is 0.329 e. The predicted octanol–water partition coefficient (Wildman–Crippen LogP) is 1.06. The highest BCUT2D eigenvalue weighted by Crippen LogP contribution is 2.15. The summed E-state index contributed by atoms with van der Waals surface area (Å²) in [5.41, 5.74) is 3.17. The van der Waals surface area contributed by atoms with Crippen molar-refractivity contribution in [2.24, 2.45) is 12.1 Å². The Balaban J connectivity index is 1.97. The highest BCUT2D eigenvalue weighted by Gasteiger charge is 2.16. The Bertz CT molecular complexity index is 1090. The number of rotatable bonds is 6. The van der Waals surface area contributed by atoms with Crippen LogP contribution in [0.3, 0.4) is 0 Å². The Morgan fingerprint density at radius 3 is 2.73 bits per heavy atom. The molecule has 0 fully saturated rings. The number of hydrazone groups is 1. The summed E-state index contributed by atoms with van der Waals surface area (Å²) in [4.78, 5) is 30.5. The number of benzene rings is 1. The number of anilines is 1. The molecule has 9 heteroatoms. The van der Waals surface area contributed by atoms with E-state index >= 15 is 0 Å². The van der Waals surface area contributed by atoms with Crippen LogP contribution >= 0.6 is 0 Å². The number of imidazole rings is 1. The van der Waals surface area contributed by atoms with Crippen LogP contribution in [0, 0.1) is 0 Å². The Labute approximate surface area is 148 Å². The van der Waals surface area contributed by atoms with Gasteiger partial charge >= 0.3 is 5.69 Å². The monoisotopic (exact) mass is 354 g/mol. The lowest BCUT2D eigenvalue weighted by molar-refractivity contribution is 0.415. The summed E-state index contributed by atoms with van der Waals surface area (Å²) in [6, 6.07) is 7.35. The summed E-state index contributed by atoms with van der Waals surface area (Å²) in [5, 5.41) is 4.15. The fourth-order valence-electron chi connectivity index (χ4n) is 2.48. The number of nitrogens with zero attached hydrogens (tertiary/aromatic N) is 4. The maximum absolute atomic E-state index is 12.2. The molecule has 2 heterocycles. The molecule has 0 unspecified atom stereocenters. The number of aromatic nitrogens is 4. The average Bonchev–Trinajstić information content (AvgIpc) is 3.00. The molecule has 134 valence electrons. The van der Waals surface area contributed by atoms with Crippen molar-refractivity contribution in [1.82, 2.24) is 19.1 Å². The number of nitrogens with one attached hydrogen (secondary N) is 2. The average molecular weight is 354 g/mol. The Morgan fingerprint density at radius 2 is 2.08 bits per heavy atom. The molecule has 0 amide bonds. The van der Waals surface area contributed by atoms with Gasteiger partial charge in [0, 0.05) is 13.6 Å². The van der Waals surface area contributed by atoms with Crippen LogP contribution in [0.15, 0.2) is 51.6 Å². The van der Waals surface area contributed by atoms with Crippen LogP contribution in [-0.2, 0) is 13.6 Å². The second-order valence-electron chi connectivity index (χ2n) is 5.47. The predicted molar refractivity (Wildman–Crippen MR) is 100 cm³/mol. The lowest BCUT2D eigenvalue weighted by atomic mass is 10.2. The molecule has 0 saturated heterocycles. The third-order valence-electron chi connectivity index (χ3n) is 3.81. The highest BCUT2D eigenvalue weighted by atomic mass is 16.5. The zero-order chi connectivity index (χ0) is 18.7. The molecule has 0 saturated carbocycles. The quantitative estimate of drug-likeness (QED) is 0.391. The summed E-state index contributed by atoms with van der Waals surface area (Å²) >= 11 is 0. The van der Waals surface area contributed by atoms with E-state index in [9.17, 15) is 9.59 Å². The molecular weight excluding hydrogens is 336 g/mol. The molecule has 0 aliphatic rings. The van der Waals surface area contributed by atoms with Gasteiger partial charge in [-0.3, -0.25) is 18.9 Å². The lowest BCUT2D eigenvalue weighted by Crippen LogP contribution is -2.29. The second-order valence-corrected chi connectivity index (χ2v) is 5.47. The van der Waals surface area contributed by atoms with E-state index in [0.29, 0.717) is 12.5 Å². The van der Waals surface area contributed by atoms with Gasteiger partial charge in [0.2, 0.25) is 5.95 Å². The Hall–Kier alpha value is -3.62. The Morgan fingerprint density at radius 1 is 1.35 bits per heavy atom. The van der Waals surface area contributed by atoms with Crippen molar-refractivity contribution in [3.05, 3.63) is 63.3 Å². The standard InChI is InChI=1S/C17H18N6O3/c1-4-9-23-13-14(22(2)17(25)20-15(13)24)19-16(23)21-18-10-11-5-7-12(26-3)8-6-11/h4-8,10H,1,9H2,2-3H3,(H,19,21)(H,20,24,25)/b18-10-. The number of aryl methyl sites for hydroxylation is 1. The number of allylic oxidation sites excluding steroid dienone is 1. The van der Waals surface area contributed by atoms with Crippen LogP contribution in [0.1, 0.15) is 5.56 Å². The minimum absolute atomic E-state index is 0.266. The molecule has 3 rings (SSSR count). The smallest absolute Gasteiger partial charge is 0.329 e. The normalized spacial score (nSPS) is 11.2. The van der Waals surface area contributed by atoms with E-state index in [1.165, 1.54) is 11.6 Å². The second kappa shape index (κ2) is 7.09. The summed E-state index contributed by atoms with van der Waals surface area (Å²) in [6.07, 6.45) is 3.24. The summed E-state index contributed by atoms with van der Waals surface area (Å²) in [5.74, 6) is 1.08. The number of ether oxygens (including phenoxy) is 1. The van der Waals surface area contributed by atoms with E-state index in [-0.39, 0.29) is 11.2 Å². The molecule has 2 aromatic heterocycles. The van der Waals surface area contributed by atoms with Gasteiger partial charge in [-0.15, -0.1) is 6.58 Å². The van der Waals surface area contributed by atoms with Gasteiger partial charge in [-0.05, 0) is 29.8 Å². The highest BCUT2D eigenvalue weighted by molar-refractivity contribution is 5.80. The van der Waals surface area contributed by atoms with E-state index in [2.05, 4.69) is 27.1 Å². The minimum atomic E-state index is -0.529. The van der Waals surface area contributed by atoms with Crippen molar-refractivity contribution < 1.29 is 4.74 Å². The minimum Gasteiger partial charge on any atom is -0.497 e. The molecule has 26 heavy (non-hydrogen) atoms. The largest absolute Gasteiger partial charge is 0.497 e. The van der Waals surface area contributed by atoms with Gasteiger partial charge in [0.05, 0.1) is 13.3 Å². The van der Waals surface area contributed by atoms with Gasteiger partial charge in [0.25, 0.3) is 5.56 Å². The van der Waals surface area contributed by atoms with E-state index in [0.717, 1.165) is 11.3 Å². The van der Waals surface area contributed by atoms with Gasteiger partial charge < -0.3 is 4.74 Å². The molecule has 2 N–H and O–H groups in total. The van der Waals surface area contributed by atoms with E-state index in [1.807, 2.05) is 24.3 Å². The van der Waals surface area contributed by atoms with Gasteiger partial charge in [-0.2, -0.15) is 10.1 Å². The molecule has 0 bridgehead atoms. The van der Waals surface area contributed by atoms with Crippen LogP contribution < -0.4 is 21.4 Å². The first-order valence-corrected chi connectivity index (χ1v) is 7.78. The molecule has 9 nitrogen and oxygen atoms in total. The van der Waals surface area contributed by atoms with E-state index in [4.69, 9.17) is 4.74 Å². The summed E-state index contributed by atoms with van der Waals surface area (Å²) < 4.78 is 7.98. The fraction of sp³-hybridized carbons (Fsp3) is 0.176. The van der Waals surface area contributed by atoms with Crippen molar-refractivity contribution in [2.75, 3.05) is 12.5 Å². The van der Waals surface area contributed by atoms with Crippen LogP contribution in [0.5, 0.6) is 5.75 Å². The van der Waals surface area contributed by atoms with Crippen LogP contribution in [0.4, 0.5) is 5.95 Å². The number of hydrogen-bond donors (Lipinski definition) is 2. The molecule has 0 radical (unpaired) electrons. The van der Waals surface area contributed by atoms with Crippen molar-refractivity contribution in [3.8, 4) is 5.75 Å². The number of hydrogen-bond acceptors (Lipinski definition) is 6. The molecule has 0 atom stereocenters. The number of methoxy groups -OCH3 is 1. The van der Waals surface area contributed by atoms with Crippen molar-refractivity contribution in [3.63, 3.8) is 0 Å². The first-order chi connectivity index (χ1) is 12.5. The van der Waals surface area contributed by atoms with Gasteiger partial charge in [0.15, 0.2) is 11.2 Å². The zero-order valence-electron chi connectivity index (χ0n) is 14.4. The zero-order valence-corrected chi connectivity index (χ0v) is 14.4. The number of fused-ring (bicyclic) bond motifs is 1. The topological polar surface area (TPSA) is 106 Å². The summed E-state index contributed by atoms with van der Waals surface area (Å²) in [6.45, 7) is 4.02. The van der Waals surface area contributed by atoms with Crippen molar-refractivity contribution in [1.29, 1.82) is 0 Å².